The van der Waals surface area contributed by atoms with Crippen molar-refractivity contribution in [2.45, 2.75) is 56.1 Å². The standard InChI is InChI=1S/C19H30FN3O3S2/c1-14(2)23-11-8-15(9-12-23)21-19(24)17(10-13-27-3)22-28(25,26)18-7-5-4-6-16(18)20/h4-7,14-15,17,22H,8-13H2,1-3H3,(H,21,24). The molecule has 2 N–H and O–H groups in total. The van der Waals surface area contributed by atoms with Gasteiger partial charge in [0, 0.05) is 25.2 Å². The molecular formula is C19H30FN3O3S2. The molecule has 1 fully saturated rings. The minimum absolute atomic E-state index is 0.0252. The predicted molar refractivity (Wildman–Crippen MR) is 111 cm³/mol. The van der Waals surface area contributed by atoms with Crippen LogP contribution in [0.4, 0.5) is 4.39 Å². The summed E-state index contributed by atoms with van der Waals surface area (Å²) in [5.41, 5.74) is 0. The molecule has 0 aromatic heterocycles. The number of nitrogens with zero attached hydrogens (tertiary/aromatic N) is 1. The van der Waals surface area contributed by atoms with E-state index in [1.165, 1.54) is 30.0 Å². The fourth-order valence-electron chi connectivity index (χ4n) is 3.25. The van der Waals surface area contributed by atoms with Gasteiger partial charge in [0.1, 0.15) is 16.8 Å². The number of rotatable bonds is 9. The summed E-state index contributed by atoms with van der Waals surface area (Å²) in [7, 11) is -4.13. The average Bonchev–Trinajstić information content (AvgIpc) is 2.65. The number of amides is 1. The van der Waals surface area contributed by atoms with E-state index in [2.05, 4.69) is 28.8 Å². The minimum Gasteiger partial charge on any atom is -0.352 e. The van der Waals surface area contributed by atoms with Crippen LogP contribution in [0.25, 0.3) is 0 Å². The number of halogens is 1. The lowest BCUT2D eigenvalue weighted by Gasteiger charge is -2.35. The maximum absolute atomic E-state index is 13.9. The van der Waals surface area contributed by atoms with E-state index in [0.29, 0.717) is 18.2 Å². The summed E-state index contributed by atoms with van der Waals surface area (Å²) in [6.45, 7) is 6.10. The Labute approximate surface area is 171 Å². The van der Waals surface area contributed by atoms with E-state index in [1.54, 1.807) is 0 Å². The van der Waals surface area contributed by atoms with E-state index in [-0.39, 0.29) is 11.9 Å². The first kappa shape index (κ1) is 23.1. The van der Waals surface area contributed by atoms with Crippen LogP contribution in [0.2, 0.25) is 0 Å². The van der Waals surface area contributed by atoms with E-state index in [0.717, 1.165) is 32.0 Å². The summed E-state index contributed by atoms with van der Waals surface area (Å²) in [4.78, 5) is 14.7. The van der Waals surface area contributed by atoms with Crippen LogP contribution >= 0.6 is 11.8 Å². The summed E-state index contributed by atoms with van der Waals surface area (Å²) in [5.74, 6) is -0.569. The number of benzene rings is 1. The van der Waals surface area contributed by atoms with Crippen LogP contribution in [-0.4, -0.2) is 62.4 Å². The number of nitrogens with one attached hydrogen (secondary N) is 2. The molecular weight excluding hydrogens is 401 g/mol. The molecule has 1 unspecified atom stereocenters. The van der Waals surface area contributed by atoms with Crippen molar-refractivity contribution in [2.75, 3.05) is 25.1 Å². The Morgan fingerprint density at radius 2 is 1.93 bits per heavy atom. The van der Waals surface area contributed by atoms with Crippen molar-refractivity contribution in [3.05, 3.63) is 30.1 Å². The number of thioether (sulfide) groups is 1. The SMILES string of the molecule is CSCCC(NS(=O)(=O)c1ccccc1F)C(=O)NC1CCN(C(C)C)CC1. The van der Waals surface area contributed by atoms with Crippen LogP contribution in [0.3, 0.4) is 0 Å². The molecule has 28 heavy (non-hydrogen) atoms. The van der Waals surface area contributed by atoms with E-state index in [1.807, 2.05) is 6.26 Å². The second-order valence-corrected chi connectivity index (χ2v) is 9.97. The molecule has 2 rings (SSSR count). The van der Waals surface area contributed by atoms with Gasteiger partial charge in [0.15, 0.2) is 0 Å². The Balaban J connectivity index is 2.04. The number of likely N-dealkylation sites (tertiary alicyclic amines) is 1. The molecule has 0 spiro atoms. The summed E-state index contributed by atoms with van der Waals surface area (Å²) in [6.07, 6.45) is 3.89. The topological polar surface area (TPSA) is 78.5 Å². The van der Waals surface area contributed by atoms with Crippen molar-refractivity contribution in [2.24, 2.45) is 0 Å². The fourth-order valence-corrected chi connectivity index (χ4v) is 5.03. The molecule has 158 valence electrons. The van der Waals surface area contributed by atoms with Gasteiger partial charge in [0.2, 0.25) is 15.9 Å². The molecule has 0 saturated carbocycles. The molecule has 1 aliphatic heterocycles. The monoisotopic (exact) mass is 431 g/mol. The smallest absolute Gasteiger partial charge is 0.244 e. The Hall–Kier alpha value is -1.16. The summed E-state index contributed by atoms with van der Waals surface area (Å²) >= 11 is 1.53. The summed E-state index contributed by atoms with van der Waals surface area (Å²) in [6, 6.07) is 4.74. The van der Waals surface area contributed by atoms with E-state index in [4.69, 9.17) is 0 Å². The zero-order valence-corrected chi connectivity index (χ0v) is 18.3. The number of hydrogen-bond donors (Lipinski definition) is 2. The van der Waals surface area contributed by atoms with Gasteiger partial charge in [-0.3, -0.25) is 4.79 Å². The normalized spacial score (nSPS) is 17.6. The highest BCUT2D eigenvalue weighted by atomic mass is 32.2. The van der Waals surface area contributed by atoms with Gasteiger partial charge >= 0.3 is 0 Å². The highest BCUT2D eigenvalue weighted by Crippen LogP contribution is 2.16. The van der Waals surface area contributed by atoms with Crippen molar-refractivity contribution >= 4 is 27.7 Å². The lowest BCUT2D eigenvalue weighted by Crippen LogP contribution is -2.52. The molecule has 1 amide bonds. The van der Waals surface area contributed by atoms with Crippen LogP contribution < -0.4 is 10.0 Å². The molecule has 1 heterocycles. The molecule has 1 aromatic carbocycles. The van der Waals surface area contributed by atoms with Gasteiger partial charge in [-0.15, -0.1) is 0 Å². The molecule has 0 aliphatic carbocycles. The predicted octanol–water partition coefficient (Wildman–Crippen LogP) is 2.21. The van der Waals surface area contributed by atoms with Crippen molar-refractivity contribution in [3.8, 4) is 0 Å². The van der Waals surface area contributed by atoms with Crippen LogP contribution in [0.1, 0.15) is 33.1 Å². The lowest BCUT2D eigenvalue weighted by molar-refractivity contribution is -0.123. The Kier molecular flexibility index (Phi) is 8.73. The number of sulfonamides is 1. The van der Waals surface area contributed by atoms with Gasteiger partial charge < -0.3 is 10.2 Å². The second-order valence-electron chi connectivity index (χ2n) is 7.30. The quantitative estimate of drug-likeness (QED) is 0.627. The minimum atomic E-state index is -4.13. The van der Waals surface area contributed by atoms with Crippen molar-refractivity contribution in [1.82, 2.24) is 14.9 Å². The highest BCUT2D eigenvalue weighted by molar-refractivity contribution is 7.98. The van der Waals surface area contributed by atoms with Gasteiger partial charge in [-0.25, -0.2) is 12.8 Å². The second kappa shape index (κ2) is 10.6. The van der Waals surface area contributed by atoms with Gasteiger partial charge in [0.05, 0.1) is 0 Å². The molecule has 1 aliphatic rings. The number of carbonyl (C=O) groups excluding carboxylic acids is 1. The van der Waals surface area contributed by atoms with Crippen LogP contribution in [0.5, 0.6) is 0 Å². The Bertz CT molecular complexity index is 751. The Morgan fingerprint density at radius 1 is 1.29 bits per heavy atom. The summed E-state index contributed by atoms with van der Waals surface area (Å²) in [5, 5.41) is 2.98. The zero-order valence-electron chi connectivity index (χ0n) is 16.7. The van der Waals surface area contributed by atoms with E-state index in [9.17, 15) is 17.6 Å². The van der Waals surface area contributed by atoms with Gasteiger partial charge in [-0.05, 0) is 57.3 Å². The molecule has 1 aromatic rings. The van der Waals surface area contributed by atoms with Crippen molar-refractivity contribution in [3.63, 3.8) is 0 Å². The van der Waals surface area contributed by atoms with E-state index >= 15 is 0 Å². The largest absolute Gasteiger partial charge is 0.352 e. The third kappa shape index (κ3) is 6.43. The number of carbonyl (C=O) groups is 1. The molecule has 6 nitrogen and oxygen atoms in total. The lowest BCUT2D eigenvalue weighted by atomic mass is 10.0. The van der Waals surface area contributed by atoms with Crippen molar-refractivity contribution < 1.29 is 17.6 Å². The third-order valence-corrected chi connectivity index (χ3v) is 7.11. The molecule has 1 saturated heterocycles. The number of piperidine rings is 1. The molecule has 0 bridgehead atoms. The average molecular weight is 432 g/mol. The van der Waals surface area contributed by atoms with Crippen LogP contribution in [-0.2, 0) is 14.8 Å². The molecule has 0 radical (unpaired) electrons. The van der Waals surface area contributed by atoms with Crippen molar-refractivity contribution in [1.29, 1.82) is 0 Å². The fraction of sp³-hybridized carbons (Fsp3) is 0.632. The Morgan fingerprint density at radius 3 is 2.50 bits per heavy atom. The first-order valence-corrected chi connectivity index (χ1v) is 12.4. The van der Waals surface area contributed by atoms with Gasteiger partial charge in [-0.1, -0.05) is 12.1 Å². The zero-order chi connectivity index (χ0) is 20.7. The third-order valence-electron chi connectivity index (χ3n) is 4.96. The van der Waals surface area contributed by atoms with Gasteiger partial charge in [0.25, 0.3) is 0 Å². The maximum atomic E-state index is 13.9. The maximum Gasteiger partial charge on any atom is 0.244 e. The summed E-state index contributed by atoms with van der Waals surface area (Å²) < 4.78 is 41.5. The first-order chi connectivity index (χ1) is 13.2. The highest BCUT2D eigenvalue weighted by Gasteiger charge is 2.29. The van der Waals surface area contributed by atoms with Gasteiger partial charge in [-0.2, -0.15) is 16.5 Å². The van der Waals surface area contributed by atoms with Crippen LogP contribution in [0, 0.1) is 5.82 Å². The molecule has 1 atom stereocenters. The molecule has 9 heteroatoms. The first-order valence-electron chi connectivity index (χ1n) is 9.55. The van der Waals surface area contributed by atoms with Crippen LogP contribution in [0.15, 0.2) is 29.2 Å². The van der Waals surface area contributed by atoms with E-state index < -0.39 is 26.8 Å². The number of hydrogen-bond acceptors (Lipinski definition) is 5.